The number of nitrogens with two attached hydrogens (primary N) is 1. The van der Waals surface area contributed by atoms with Gasteiger partial charge in [-0.05, 0) is 25.5 Å². The average Bonchev–Trinajstić information content (AvgIpc) is 2.40. The molecule has 0 aliphatic carbocycles. The van der Waals surface area contributed by atoms with E-state index in [4.69, 9.17) is 11.0 Å². The smallest absolute Gasteiger partial charge is 0.246 e. The second kappa shape index (κ2) is 6.18. The molecule has 0 heterocycles. The molecule has 2 N–H and O–H groups in total. The van der Waals surface area contributed by atoms with Crippen LogP contribution in [0.25, 0.3) is 0 Å². The number of carbonyl (C=O) groups excluding carboxylic acids is 1. The van der Waals surface area contributed by atoms with Crippen molar-refractivity contribution in [1.29, 1.82) is 5.26 Å². The molecule has 0 radical (unpaired) electrons. The van der Waals surface area contributed by atoms with E-state index in [1.54, 1.807) is 11.8 Å². The largest absolute Gasteiger partial charge is 0.318 e. The van der Waals surface area contributed by atoms with E-state index in [1.165, 1.54) is 0 Å². The summed E-state index contributed by atoms with van der Waals surface area (Å²) in [5, 5.41) is 8.68. The number of amides is 1. The summed E-state index contributed by atoms with van der Waals surface area (Å²) in [7, 11) is 0. The van der Waals surface area contributed by atoms with Gasteiger partial charge in [0.1, 0.15) is 0 Å². The van der Waals surface area contributed by atoms with Gasteiger partial charge < -0.3 is 10.6 Å². The molecule has 4 nitrogen and oxygen atoms in total. The summed E-state index contributed by atoms with van der Waals surface area (Å²) in [5.41, 5.74) is 5.88. The molecule has 1 aromatic rings. The van der Waals surface area contributed by atoms with Crippen molar-refractivity contribution in [2.24, 2.45) is 5.73 Å². The Morgan fingerprint density at radius 2 is 2.06 bits per heavy atom. The summed E-state index contributed by atoms with van der Waals surface area (Å²) < 4.78 is 0. The molecule has 4 heteroatoms. The Kier molecular flexibility index (Phi) is 4.87. The first kappa shape index (κ1) is 14.2. The van der Waals surface area contributed by atoms with Gasteiger partial charge >= 0.3 is 0 Å². The molecule has 1 rings (SSSR count). The highest BCUT2D eigenvalue weighted by Gasteiger charge is 2.31. The summed E-state index contributed by atoms with van der Waals surface area (Å²) in [4.78, 5) is 14.0. The molecule has 0 spiro atoms. The van der Waals surface area contributed by atoms with E-state index < -0.39 is 5.54 Å². The van der Waals surface area contributed by atoms with Crippen LogP contribution in [0.15, 0.2) is 30.3 Å². The lowest BCUT2D eigenvalue weighted by Crippen LogP contribution is -2.53. The molecule has 0 saturated heterocycles. The number of nitrogens with zero attached hydrogens (tertiary/aromatic N) is 2. The van der Waals surface area contributed by atoms with Gasteiger partial charge in [-0.2, -0.15) is 5.26 Å². The van der Waals surface area contributed by atoms with Crippen molar-refractivity contribution in [3.63, 3.8) is 0 Å². The zero-order valence-corrected chi connectivity index (χ0v) is 10.9. The summed E-state index contributed by atoms with van der Waals surface area (Å²) in [6, 6.07) is 11.4. The molecule has 0 fully saturated rings. The van der Waals surface area contributed by atoms with Gasteiger partial charge in [-0.3, -0.25) is 4.79 Å². The minimum Gasteiger partial charge on any atom is -0.318 e. The second-order valence-corrected chi connectivity index (χ2v) is 4.47. The number of nitriles is 1. The van der Waals surface area contributed by atoms with Gasteiger partial charge in [0.2, 0.25) is 5.91 Å². The van der Waals surface area contributed by atoms with Crippen LogP contribution in [0, 0.1) is 11.3 Å². The lowest BCUT2D eigenvalue weighted by Gasteiger charge is -2.30. The Hall–Kier alpha value is -1.86. The molecular weight excluding hydrogens is 226 g/mol. The molecule has 0 bridgehead atoms. The van der Waals surface area contributed by atoms with Crippen LogP contribution in [0.4, 0.5) is 5.69 Å². The second-order valence-electron chi connectivity index (χ2n) is 4.47. The first-order chi connectivity index (χ1) is 8.53. The van der Waals surface area contributed by atoms with Crippen molar-refractivity contribution >= 4 is 11.6 Å². The van der Waals surface area contributed by atoms with E-state index in [2.05, 4.69) is 6.07 Å². The number of hydrogen-bond acceptors (Lipinski definition) is 3. The lowest BCUT2D eigenvalue weighted by atomic mass is 9.98. The fraction of sp³-hybridized carbons (Fsp3) is 0.429. The highest BCUT2D eigenvalue weighted by atomic mass is 16.2. The molecule has 1 atom stereocenters. The van der Waals surface area contributed by atoms with E-state index in [9.17, 15) is 4.79 Å². The van der Waals surface area contributed by atoms with Gasteiger partial charge in [-0.25, -0.2) is 0 Å². The highest BCUT2D eigenvalue weighted by Crippen LogP contribution is 2.19. The van der Waals surface area contributed by atoms with Gasteiger partial charge in [0.15, 0.2) is 0 Å². The lowest BCUT2D eigenvalue weighted by molar-refractivity contribution is -0.123. The normalized spacial score (nSPS) is 13.4. The molecule has 1 aromatic carbocycles. The summed E-state index contributed by atoms with van der Waals surface area (Å²) in [5.74, 6) is -0.147. The van der Waals surface area contributed by atoms with Crippen LogP contribution in [0.2, 0.25) is 0 Å². The summed E-state index contributed by atoms with van der Waals surface area (Å²) in [6.45, 7) is 3.97. The first-order valence-corrected chi connectivity index (χ1v) is 6.05. The van der Waals surface area contributed by atoms with Gasteiger partial charge in [0.25, 0.3) is 0 Å². The monoisotopic (exact) mass is 245 g/mol. The zero-order chi connectivity index (χ0) is 13.6. The van der Waals surface area contributed by atoms with E-state index in [1.807, 2.05) is 37.3 Å². The predicted molar refractivity (Wildman–Crippen MR) is 71.9 cm³/mol. The molecule has 96 valence electrons. The molecular formula is C14H19N3O. The molecule has 0 aliphatic rings. The van der Waals surface area contributed by atoms with Gasteiger partial charge in [0, 0.05) is 12.2 Å². The molecule has 1 unspecified atom stereocenters. The van der Waals surface area contributed by atoms with Crippen molar-refractivity contribution in [2.75, 3.05) is 11.4 Å². The predicted octanol–water partition coefficient (Wildman–Crippen LogP) is 2.06. The third-order valence-electron chi connectivity index (χ3n) is 2.98. The Bertz CT molecular complexity index is 434. The number of para-hydroxylation sites is 1. The highest BCUT2D eigenvalue weighted by molar-refractivity contribution is 5.99. The fourth-order valence-corrected chi connectivity index (χ4v) is 1.58. The van der Waals surface area contributed by atoms with Crippen molar-refractivity contribution in [3.05, 3.63) is 30.3 Å². The third kappa shape index (κ3) is 3.31. The Morgan fingerprint density at radius 3 is 2.56 bits per heavy atom. The molecule has 0 aliphatic heterocycles. The van der Waals surface area contributed by atoms with Crippen molar-refractivity contribution < 1.29 is 4.79 Å². The molecule has 0 saturated carbocycles. The number of carbonyl (C=O) groups is 1. The zero-order valence-electron chi connectivity index (χ0n) is 10.9. The van der Waals surface area contributed by atoms with Gasteiger partial charge in [-0.15, -0.1) is 0 Å². The Balaban J connectivity index is 3.00. The number of hydrogen-bond donors (Lipinski definition) is 1. The van der Waals surface area contributed by atoms with Crippen LogP contribution in [0.1, 0.15) is 26.7 Å². The first-order valence-electron chi connectivity index (χ1n) is 6.05. The maximum absolute atomic E-state index is 12.4. The minimum atomic E-state index is -0.898. The fourth-order valence-electron chi connectivity index (χ4n) is 1.58. The van der Waals surface area contributed by atoms with Crippen LogP contribution in [-0.4, -0.2) is 18.0 Å². The summed E-state index contributed by atoms with van der Waals surface area (Å²) in [6.07, 6.45) is 0.849. The van der Waals surface area contributed by atoms with E-state index in [0.29, 0.717) is 19.4 Å². The van der Waals surface area contributed by atoms with Crippen LogP contribution >= 0.6 is 0 Å². The standard InChI is InChI=1S/C14H19N3O/c1-3-14(2,16)13(18)17(11-7-10-15)12-8-5-4-6-9-12/h4-6,8-9H,3,7,11,16H2,1-2H3. The van der Waals surface area contributed by atoms with Crippen LogP contribution < -0.4 is 10.6 Å². The SMILES string of the molecule is CCC(C)(N)C(=O)N(CCC#N)c1ccccc1. The maximum Gasteiger partial charge on any atom is 0.246 e. The number of benzene rings is 1. The maximum atomic E-state index is 12.4. The Morgan fingerprint density at radius 1 is 1.44 bits per heavy atom. The molecule has 1 amide bonds. The van der Waals surface area contributed by atoms with E-state index in [0.717, 1.165) is 5.69 Å². The van der Waals surface area contributed by atoms with Crippen molar-refractivity contribution in [3.8, 4) is 6.07 Å². The van der Waals surface area contributed by atoms with Crippen LogP contribution in [0.5, 0.6) is 0 Å². The van der Waals surface area contributed by atoms with E-state index >= 15 is 0 Å². The van der Waals surface area contributed by atoms with Gasteiger partial charge in [0.05, 0.1) is 18.0 Å². The van der Waals surface area contributed by atoms with Gasteiger partial charge in [-0.1, -0.05) is 25.1 Å². The number of anilines is 1. The van der Waals surface area contributed by atoms with Crippen molar-refractivity contribution in [2.45, 2.75) is 32.2 Å². The van der Waals surface area contributed by atoms with Crippen LogP contribution in [-0.2, 0) is 4.79 Å². The average molecular weight is 245 g/mol. The molecule has 0 aromatic heterocycles. The van der Waals surface area contributed by atoms with Crippen molar-refractivity contribution in [1.82, 2.24) is 0 Å². The van der Waals surface area contributed by atoms with Crippen LogP contribution in [0.3, 0.4) is 0 Å². The summed E-state index contributed by atoms with van der Waals surface area (Å²) >= 11 is 0. The topological polar surface area (TPSA) is 70.1 Å². The molecule has 18 heavy (non-hydrogen) atoms. The van der Waals surface area contributed by atoms with E-state index in [-0.39, 0.29) is 5.91 Å². The Labute approximate surface area is 108 Å². The minimum absolute atomic E-state index is 0.147. The third-order valence-corrected chi connectivity index (χ3v) is 2.98. The quantitative estimate of drug-likeness (QED) is 0.863. The number of rotatable bonds is 5.